The normalized spacial score (nSPS) is 14.7. The van der Waals surface area contributed by atoms with Crippen LogP contribution < -0.4 is 10.2 Å². The number of amides is 2. The van der Waals surface area contributed by atoms with Crippen LogP contribution >= 0.6 is 11.5 Å². The van der Waals surface area contributed by atoms with E-state index < -0.39 is 5.97 Å². The number of carboxylic acids is 1. The number of aromatic carboxylic acids is 1. The number of benzene rings is 1. The van der Waals surface area contributed by atoms with Gasteiger partial charge in [0.1, 0.15) is 5.82 Å². The van der Waals surface area contributed by atoms with Crippen molar-refractivity contribution in [1.29, 1.82) is 0 Å². The minimum Gasteiger partial charge on any atom is -0.478 e. The maximum Gasteiger partial charge on any atom is 0.335 e. The molecule has 0 spiro atoms. The van der Waals surface area contributed by atoms with E-state index >= 15 is 0 Å². The molecule has 2 N–H and O–H groups in total. The molecule has 0 aliphatic carbocycles. The summed E-state index contributed by atoms with van der Waals surface area (Å²) in [6.45, 7) is 5.33. The average Bonchev–Trinajstić information content (AvgIpc) is 3.03. The fourth-order valence-corrected chi connectivity index (χ4v) is 3.68. The van der Waals surface area contributed by atoms with E-state index in [0.29, 0.717) is 19.6 Å². The number of carboxylic acid groups (broad SMARTS) is 1. The van der Waals surface area contributed by atoms with E-state index in [0.717, 1.165) is 42.5 Å². The second-order valence-electron chi connectivity index (χ2n) is 6.34. The number of carbonyl (C=O) groups is 2. The number of urea groups is 1. The quantitative estimate of drug-likeness (QED) is 0.814. The van der Waals surface area contributed by atoms with Crippen molar-refractivity contribution in [3.8, 4) is 0 Å². The van der Waals surface area contributed by atoms with Gasteiger partial charge in [0.05, 0.1) is 5.56 Å². The smallest absolute Gasteiger partial charge is 0.335 e. The maximum atomic E-state index is 12.5. The van der Waals surface area contributed by atoms with Crippen LogP contribution in [0, 0.1) is 0 Å². The van der Waals surface area contributed by atoms with Gasteiger partial charge in [-0.2, -0.15) is 4.37 Å². The van der Waals surface area contributed by atoms with Crippen molar-refractivity contribution >= 4 is 28.7 Å². The molecule has 0 atom stereocenters. The summed E-state index contributed by atoms with van der Waals surface area (Å²) in [4.78, 5) is 31.9. The second kappa shape index (κ2) is 8.81. The van der Waals surface area contributed by atoms with Crippen molar-refractivity contribution in [2.24, 2.45) is 0 Å². The van der Waals surface area contributed by atoms with E-state index in [9.17, 15) is 9.59 Å². The first-order chi connectivity index (χ1) is 13.1. The Hall–Kier alpha value is -2.68. The largest absolute Gasteiger partial charge is 0.478 e. The predicted octanol–water partition coefficient (Wildman–Crippen LogP) is 2.22. The topological polar surface area (TPSA) is 98.7 Å². The molecule has 9 heteroatoms. The highest BCUT2D eigenvalue weighted by Gasteiger charge is 2.21. The number of aryl methyl sites for hydroxylation is 1. The summed E-state index contributed by atoms with van der Waals surface area (Å²) in [7, 11) is 0. The predicted molar refractivity (Wildman–Crippen MR) is 103 cm³/mol. The number of rotatable bonds is 5. The number of hydrogen-bond acceptors (Lipinski definition) is 6. The second-order valence-corrected chi connectivity index (χ2v) is 7.07. The molecule has 1 fully saturated rings. The number of aromatic nitrogens is 2. The Labute approximate surface area is 162 Å². The van der Waals surface area contributed by atoms with Gasteiger partial charge in [-0.15, -0.1) is 0 Å². The van der Waals surface area contributed by atoms with Crippen LogP contribution in [0.15, 0.2) is 24.3 Å². The Balaban J connectivity index is 1.50. The van der Waals surface area contributed by atoms with E-state index in [1.54, 1.807) is 24.3 Å². The van der Waals surface area contributed by atoms with Crippen LogP contribution in [0.5, 0.6) is 0 Å². The van der Waals surface area contributed by atoms with Crippen LogP contribution in [0.1, 0.15) is 35.1 Å². The van der Waals surface area contributed by atoms with Gasteiger partial charge in [0.2, 0.25) is 5.13 Å². The Kier molecular flexibility index (Phi) is 6.23. The third-order valence-corrected chi connectivity index (χ3v) is 5.29. The maximum absolute atomic E-state index is 12.5. The number of hydrogen-bond donors (Lipinski definition) is 2. The highest BCUT2D eigenvalue weighted by Crippen LogP contribution is 2.19. The number of carbonyl (C=O) groups excluding carboxylic acids is 1. The van der Waals surface area contributed by atoms with Crippen molar-refractivity contribution < 1.29 is 14.7 Å². The van der Waals surface area contributed by atoms with Crippen molar-refractivity contribution in [1.82, 2.24) is 19.6 Å². The minimum atomic E-state index is -0.957. The summed E-state index contributed by atoms with van der Waals surface area (Å²) in [6.07, 6.45) is 1.70. The SMILES string of the molecule is CCc1nsc(N2CCCN(C(=O)NCc3ccc(C(=O)O)cc3)CC2)n1. The summed E-state index contributed by atoms with van der Waals surface area (Å²) in [5, 5.41) is 12.8. The Bertz CT molecular complexity index is 793. The zero-order chi connectivity index (χ0) is 19.2. The first kappa shape index (κ1) is 19.1. The lowest BCUT2D eigenvalue weighted by Crippen LogP contribution is -2.41. The van der Waals surface area contributed by atoms with Gasteiger partial charge in [0.15, 0.2) is 0 Å². The summed E-state index contributed by atoms with van der Waals surface area (Å²) >= 11 is 1.41. The molecule has 0 bridgehead atoms. The molecule has 0 unspecified atom stereocenters. The van der Waals surface area contributed by atoms with Crippen LogP contribution in [-0.2, 0) is 13.0 Å². The fourth-order valence-electron chi connectivity index (χ4n) is 2.88. The van der Waals surface area contributed by atoms with Crippen LogP contribution in [0.4, 0.5) is 9.93 Å². The molecule has 0 radical (unpaired) electrons. The van der Waals surface area contributed by atoms with Crippen LogP contribution in [-0.4, -0.2) is 57.5 Å². The lowest BCUT2D eigenvalue weighted by Gasteiger charge is -2.22. The Morgan fingerprint density at radius 2 is 1.96 bits per heavy atom. The third kappa shape index (κ3) is 4.94. The first-order valence-electron chi connectivity index (χ1n) is 8.99. The molecular weight excluding hydrogens is 366 g/mol. The molecule has 2 amide bonds. The summed E-state index contributed by atoms with van der Waals surface area (Å²) in [5.41, 5.74) is 1.10. The zero-order valence-electron chi connectivity index (χ0n) is 15.2. The highest BCUT2D eigenvalue weighted by molar-refractivity contribution is 7.09. The van der Waals surface area contributed by atoms with Gasteiger partial charge in [-0.25, -0.2) is 14.6 Å². The first-order valence-corrected chi connectivity index (χ1v) is 9.76. The van der Waals surface area contributed by atoms with Gasteiger partial charge >= 0.3 is 12.0 Å². The van der Waals surface area contributed by atoms with E-state index in [4.69, 9.17) is 5.11 Å². The Morgan fingerprint density at radius 1 is 1.19 bits per heavy atom. The Morgan fingerprint density at radius 3 is 2.63 bits per heavy atom. The van der Waals surface area contributed by atoms with Crippen molar-refractivity contribution in [2.75, 3.05) is 31.1 Å². The molecule has 0 saturated carbocycles. The van der Waals surface area contributed by atoms with Gasteiger partial charge < -0.3 is 20.2 Å². The van der Waals surface area contributed by atoms with E-state index in [1.807, 2.05) is 11.8 Å². The molecule has 1 aliphatic rings. The van der Waals surface area contributed by atoms with Crippen LogP contribution in [0.25, 0.3) is 0 Å². The zero-order valence-corrected chi connectivity index (χ0v) is 16.0. The van der Waals surface area contributed by atoms with Crippen LogP contribution in [0.2, 0.25) is 0 Å². The lowest BCUT2D eigenvalue weighted by molar-refractivity contribution is 0.0697. The molecule has 3 rings (SSSR count). The van der Waals surface area contributed by atoms with Crippen molar-refractivity contribution in [3.63, 3.8) is 0 Å². The number of nitrogens with one attached hydrogen (secondary N) is 1. The molecule has 8 nitrogen and oxygen atoms in total. The van der Waals surface area contributed by atoms with Gasteiger partial charge in [-0.1, -0.05) is 19.1 Å². The minimum absolute atomic E-state index is 0.106. The van der Waals surface area contributed by atoms with E-state index in [-0.39, 0.29) is 11.6 Å². The summed E-state index contributed by atoms with van der Waals surface area (Å²) in [5.74, 6) is -0.0936. The van der Waals surface area contributed by atoms with Crippen molar-refractivity contribution in [3.05, 3.63) is 41.2 Å². The molecule has 27 heavy (non-hydrogen) atoms. The average molecular weight is 389 g/mol. The van der Waals surface area contributed by atoms with Crippen LogP contribution in [0.3, 0.4) is 0 Å². The number of anilines is 1. The summed E-state index contributed by atoms with van der Waals surface area (Å²) in [6, 6.07) is 6.41. The molecule has 1 aliphatic heterocycles. The summed E-state index contributed by atoms with van der Waals surface area (Å²) < 4.78 is 4.33. The molecule has 1 aromatic carbocycles. The fraction of sp³-hybridized carbons (Fsp3) is 0.444. The van der Waals surface area contributed by atoms with Crippen molar-refractivity contribution in [2.45, 2.75) is 26.3 Å². The van der Waals surface area contributed by atoms with Gasteiger partial charge in [-0.3, -0.25) is 0 Å². The molecule has 2 aromatic rings. The van der Waals surface area contributed by atoms with E-state index in [1.165, 1.54) is 11.5 Å². The van der Waals surface area contributed by atoms with Gasteiger partial charge in [0, 0.05) is 50.7 Å². The third-order valence-electron chi connectivity index (χ3n) is 4.47. The molecule has 1 saturated heterocycles. The molecular formula is C18H23N5O3S. The standard InChI is InChI=1S/C18H23N5O3S/c1-2-15-20-18(27-21-15)23-9-3-8-22(10-11-23)17(26)19-12-13-4-6-14(7-5-13)16(24)25/h4-7H,2-3,8-12H2,1H3,(H,19,26)(H,24,25). The molecule has 1 aromatic heterocycles. The molecule has 144 valence electrons. The molecule has 2 heterocycles. The van der Waals surface area contributed by atoms with Gasteiger partial charge in [0.25, 0.3) is 0 Å². The van der Waals surface area contributed by atoms with E-state index in [2.05, 4.69) is 19.6 Å². The van der Waals surface area contributed by atoms with Gasteiger partial charge in [-0.05, 0) is 24.1 Å². The number of nitrogens with zero attached hydrogens (tertiary/aromatic N) is 4. The monoisotopic (exact) mass is 389 g/mol. The highest BCUT2D eigenvalue weighted by atomic mass is 32.1. The lowest BCUT2D eigenvalue weighted by atomic mass is 10.1.